The molecule has 0 unspecified atom stereocenters. The van der Waals surface area contributed by atoms with Crippen molar-refractivity contribution in [3.63, 3.8) is 0 Å². The second-order valence-electron chi connectivity index (χ2n) is 7.61. The molecule has 1 aromatic carbocycles. The summed E-state index contributed by atoms with van der Waals surface area (Å²) in [5.41, 5.74) is 4.50. The summed E-state index contributed by atoms with van der Waals surface area (Å²) in [5.74, 6) is 0.676. The van der Waals surface area contributed by atoms with E-state index in [1.165, 1.54) is 0 Å². The zero-order valence-corrected chi connectivity index (χ0v) is 15.5. The van der Waals surface area contributed by atoms with Crippen LogP contribution in [0.4, 0.5) is 5.95 Å². The molecule has 1 fully saturated rings. The Morgan fingerprint density at radius 2 is 2.04 bits per heavy atom. The second kappa shape index (κ2) is 6.03. The van der Waals surface area contributed by atoms with Crippen LogP contribution in [-0.4, -0.2) is 38.2 Å². The molecule has 2 N–H and O–H groups in total. The van der Waals surface area contributed by atoms with Crippen molar-refractivity contribution in [2.45, 2.75) is 31.3 Å². The van der Waals surface area contributed by atoms with Gasteiger partial charge < -0.3 is 10.6 Å². The molecule has 1 aliphatic carbocycles. The Morgan fingerprint density at radius 1 is 1.15 bits per heavy atom. The number of hydrogen-bond donors (Lipinski definition) is 2. The molecule has 0 saturated heterocycles. The molecule has 0 atom stereocenters. The third-order valence-electron chi connectivity index (χ3n) is 5.66. The Bertz CT molecular complexity index is 1130. The molecular formula is C21H22N6. The summed E-state index contributed by atoms with van der Waals surface area (Å²) < 4.78 is 1.90. The van der Waals surface area contributed by atoms with Crippen molar-refractivity contribution in [3.05, 3.63) is 55.0 Å². The molecule has 0 spiro atoms. The van der Waals surface area contributed by atoms with Gasteiger partial charge in [0.25, 0.3) is 0 Å². The Labute approximate surface area is 157 Å². The van der Waals surface area contributed by atoms with Gasteiger partial charge in [-0.2, -0.15) is 0 Å². The van der Waals surface area contributed by atoms with E-state index in [0.29, 0.717) is 12.0 Å². The summed E-state index contributed by atoms with van der Waals surface area (Å²) in [6, 6.07) is 12.9. The van der Waals surface area contributed by atoms with Crippen LogP contribution in [0.15, 0.2) is 55.0 Å². The molecule has 0 bridgehead atoms. The van der Waals surface area contributed by atoms with Crippen molar-refractivity contribution in [3.8, 4) is 11.1 Å². The largest absolute Gasteiger partial charge is 0.350 e. The van der Waals surface area contributed by atoms with Gasteiger partial charge in [-0.1, -0.05) is 12.1 Å². The van der Waals surface area contributed by atoms with Gasteiger partial charge >= 0.3 is 0 Å². The number of nitrogens with one attached hydrogen (secondary N) is 2. The first kappa shape index (κ1) is 16.2. The Kier molecular flexibility index (Phi) is 3.62. The second-order valence-corrected chi connectivity index (χ2v) is 7.61. The zero-order valence-electron chi connectivity index (χ0n) is 15.5. The normalized spacial score (nSPS) is 22.1. The van der Waals surface area contributed by atoms with E-state index in [1.807, 2.05) is 36.2 Å². The molecule has 0 aliphatic heterocycles. The molecule has 4 aromatic rings. The summed E-state index contributed by atoms with van der Waals surface area (Å²) in [7, 11) is 2.02. The molecule has 0 amide bonds. The fourth-order valence-corrected chi connectivity index (χ4v) is 3.97. The van der Waals surface area contributed by atoms with Crippen LogP contribution in [-0.2, 0) is 0 Å². The third-order valence-corrected chi connectivity index (χ3v) is 5.66. The minimum absolute atomic E-state index is 0.229. The number of pyridine rings is 1. The van der Waals surface area contributed by atoms with E-state index < -0.39 is 0 Å². The van der Waals surface area contributed by atoms with Gasteiger partial charge in [0.15, 0.2) is 0 Å². The lowest BCUT2D eigenvalue weighted by atomic mass is 9.74. The SMILES string of the molecule is CNC1(C)CC(Nc2ncc3c(-c4ccc5ncccc5c4)ccn3n2)C1. The minimum atomic E-state index is 0.229. The van der Waals surface area contributed by atoms with Gasteiger partial charge in [-0.3, -0.25) is 4.98 Å². The lowest BCUT2D eigenvalue weighted by Gasteiger charge is -2.45. The molecule has 1 saturated carbocycles. The summed E-state index contributed by atoms with van der Waals surface area (Å²) in [5, 5.41) is 12.6. The molecule has 136 valence electrons. The maximum absolute atomic E-state index is 4.64. The lowest BCUT2D eigenvalue weighted by molar-refractivity contribution is 0.201. The molecule has 6 nitrogen and oxygen atoms in total. The van der Waals surface area contributed by atoms with Crippen LogP contribution in [0.2, 0.25) is 0 Å². The number of nitrogens with zero attached hydrogens (tertiary/aromatic N) is 4. The van der Waals surface area contributed by atoms with Gasteiger partial charge in [0.05, 0.1) is 17.2 Å². The number of anilines is 1. The maximum Gasteiger partial charge on any atom is 0.241 e. The van der Waals surface area contributed by atoms with Gasteiger partial charge in [0, 0.05) is 34.9 Å². The Morgan fingerprint density at radius 3 is 2.89 bits per heavy atom. The highest BCUT2D eigenvalue weighted by Crippen LogP contribution is 2.33. The molecule has 0 radical (unpaired) electrons. The zero-order chi connectivity index (χ0) is 18.4. The van der Waals surface area contributed by atoms with E-state index in [4.69, 9.17) is 0 Å². The average molecular weight is 358 g/mol. The van der Waals surface area contributed by atoms with Crippen LogP contribution in [0, 0.1) is 0 Å². The van der Waals surface area contributed by atoms with E-state index in [0.717, 1.165) is 40.4 Å². The summed E-state index contributed by atoms with van der Waals surface area (Å²) in [4.78, 5) is 8.94. The predicted octanol–water partition coefficient (Wildman–Crippen LogP) is 3.50. The van der Waals surface area contributed by atoms with Gasteiger partial charge in [0.1, 0.15) is 0 Å². The molecular weight excluding hydrogens is 336 g/mol. The van der Waals surface area contributed by atoms with Crippen molar-refractivity contribution in [1.29, 1.82) is 0 Å². The predicted molar refractivity (Wildman–Crippen MR) is 108 cm³/mol. The van der Waals surface area contributed by atoms with E-state index in [2.05, 4.69) is 63.0 Å². The van der Waals surface area contributed by atoms with Crippen molar-refractivity contribution < 1.29 is 0 Å². The van der Waals surface area contributed by atoms with Crippen LogP contribution in [0.5, 0.6) is 0 Å². The van der Waals surface area contributed by atoms with Crippen molar-refractivity contribution in [2.75, 3.05) is 12.4 Å². The van der Waals surface area contributed by atoms with E-state index in [9.17, 15) is 0 Å². The molecule has 3 aromatic heterocycles. The average Bonchev–Trinajstić information content (AvgIpc) is 3.09. The first-order valence-corrected chi connectivity index (χ1v) is 9.29. The highest BCUT2D eigenvalue weighted by Gasteiger charge is 2.39. The number of aromatic nitrogens is 4. The van der Waals surface area contributed by atoms with E-state index >= 15 is 0 Å². The summed E-state index contributed by atoms with van der Waals surface area (Å²) in [6.07, 6.45) is 7.86. The van der Waals surface area contributed by atoms with E-state index in [1.54, 1.807) is 0 Å². The number of rotatable bonds is 4. The maximum atomic E-state index is 4.64. The van der Waals surface area contributed by atoms with Crippen molar-refractivity contribution in [1.82, 2.24) is 24.9 Å². The summed E-state index contributed by atoms with van der Waals surface area (Å²) in [6.45, 7) is 2.24. The lowest BCUT2D eigenvalue weighted by Crippen LogP contribution is -2.56. The van der Waals surface area contributed by atoms with Gasteiger partial charge in [-0.25, -0.2) is 9.50 Å². The number of benzene rings is 1. The van der Waals surface area contributed by atoms with Gasteiger partial charge in [-0.15, -0.1) is 5.10 Å². The monoisotopic (exact) mass is 358 g/mol. The smallest absolute Gasteiger partial charge is 0.241 e. The fraction of sp³-hybridized carbons (Fsp3) is 0.286. The molecule has 6 heteroatoms. The first-order valence-electron chi connectivity index (χ1n) is 9.29. The number of fused-ring (bicyclic) bond motifs is 2. The van der Waals surface area contributed by atoms with Crippen LogP contribution in [0.1, 0.15) is 19.8 Å². The third kappa shape index (κ3) is 2.82. The molecule has 5 rings (SSSR count). The fourth-order valence-electron chi connectivity index (χ4n) is 3.97. The summed E-state index contributed by atoms with van der Waals surface area (Å²) >= 11 is 0. The van der Waals surface area contributed by atoms with Gasteiger partial charge in [0.2, 0.25) is 5.95 Å². The van der Waals surface area contributed by atoms with Crippen LogP contribution in [0.3, 0.4) is 0 Å². The quantitative estimate of drug-likeness (QED) is 0.584. The number of hydrogen-bond acceptors (Lipinski definition) is 5. The Hall–Kier alpha value is -2.99. The highest BCUT2D eigenvalue weighted by molar-refractivity contribution is 5.88. The minimum Gasteiger partial charge on any atom is -0.350 e. The van der Waals surface area contributed by atoms with Crippen LogP contribution < -0.4 is 10.6 Å². The van der Waals surface area contributed by atoms with E-state index in [-0.39, 0.29) is 5.54 Å². The first-order chi connectivity index (χ1) is 13.1. The molecule has 1 aliphatic rings. The molecule has 3 heterocycles. The van der Waals surface area contributed by atoms with Crippen LogP contribution in [0.25, 0.3) is 27.5 Å². The van der Waals surface area contributed by atoms with Crippen molar-refractivity contribution >= 4 is 22.4 Å². The van der Waals surface area contributed by atoms with Gasteiger partial charge in [-0.05, 0) is 56.6 Å². The molecule has 27 heavy (non-hydrogen) atoms. The standard InChI is InChI=1S/C21H22N6/c1-21(22-2)11-16(12-21)25-20-24-13-19-17(7-9-27(19)26-20)14-5-6-18-15(10-14)4-3-8-23-18/h3-10,13,16,22H,11-12H2,1-2H3,(H,25,26). The Balaban J connectivity index is 1.43. The highest BCUT2D eigenvalue weighted by atomic mass is 15.3. The van der Waals surface area contributed by atoms with Crippen LogP contribution >= 0.6 is 0 Å². The topological polar surface area (TPSA) is 67.1 Å². The van der Waals surface area contributed by atoms with Crippen molar-refractivity contribution in [2.24, 2.45) is 0 Å².